The molecule has 0 saturated carbocycles. The number of rotatable bonds is 2. The summed E-state index contributed by atoms with van der Waals surface area (Å²) in [5.41, 5.74) is 7.22. The van der Waals surface area contributed by atoms with Crippen molar-refractivity contribution in [3.8, 4) is 11.5 Å². The number of benzene rings is 1. The minimum absolute atomic E-state index is 0. The van der Waals surface area contributed by atoms with Crippen molar-refractivity contribution >= 4 is 23.7 Å². The van der Waals surface area contributed by atoms with E-state index in [-0.39, 0.29) is 18.4 Å². The molecule has 1 atom stereocenters. The fourth-order valence-corrected chi connectivity index (χ4v) is 2.49. The van der Waals surface area contributed by atoms with E-state index in [1.807, 2.05) is 35.7 Å². The maximum Gasteiger partial charge on any atom is 0.231 e. The summed E-state index contributed by atoms with van der Waals surface area (Å²) >= 11 is 1.66. The number of halogens is 1. The Balaban J connectivity index is 0.00000108. The second kappa shape index (κ2) is 4.96. The lowest BCUT2D eigenvalue weighted by molar-refractivity contribution is 0.174. The predicted octanol–water partition coefficient (Wildman–Crippen LogP) is 2.95. The van der Waals surface area contributed by atoms with Gasteiger partial charge in [0.1, 0.15) is 0 Å². The van der Waals surface area contributed by atoms with Crippen LogP contribution in [-0.4, -0.2) is 6.79 Å². The molecule has 0 spiro atoms. The molecule has 1 aliphatic heterocycles. The van der Waals surface area contributed by atoms with Gasteiger partial charge in [-0.05, 0) is 29.1 Å². The Labute approximate surface area is 110 Å². The van der Waals surface area contributed by atoms with E-state index in [9.17, 15) is 0 Å². The van der Waals surface area contributed by atoms with Crippen LogP contribution in [-0.2, 0) is 0 Å². The van der Waals surface area contributed by atoms with Gasteiger partial charge in [-0.3, -0.25) is 0 Å². The van der Waals surface area contributed by atoms with Crippen LogP contribution in [0.1, 0.15) is 16.5 Å². The highest BCUT2D eigenvalue weighted by molar-refractivity contribution is 7.10. The third-order valence-corrected chi connectivity index (χ3v) is 3.56. The first-order valence-corrected chi connectivity index (χ1v) is 5.91. The SMILES string of the molecule is Cl.N[C@@H](c1ccc2c(c1)OCO2)c1cccs1. The van der Waals surface area contributed by atoms with E-state index in [1.165, 1.54) is 0 Å². The molecule has 0 saturated heterocycles. The minimum Gasteiger partial charge on any atom is -0.454 e. The summed E-state index contributed by atoms with van der Waals surface area (Å²) in [6, 6.07) is 9.80. The molecule has 0 amide bonds. The van der Waals surface area contributed by atoms with E-state index in [0.717, 1.165) is 21.9 Å². The maximum atomic E-state index is 6.17. The lowest BCUT2D eigenvalue weighted by atomic mass is 10.1. The van der Waals surface area contributed by atoms with Gasteiger partial charge in [0.15, 0.2) is 11.5 Å². The topological polar surface area (TPSA) is 44.5 Å². The van der Waals surface area contributed by atoms with Gasteiger partial charge >= 0.3 is 0 Å². The second-order valence-electron chi connectivity index (χ2n) is 3.61. The Bertz CT molecular complexity index is 501. The highest BCUT2D eigenvalue weighted by Gasteiger charge is 2.17. The fourth-order valence-electron chi connectivity index (χ4n) is 1.74. The summed E-state index contributed by atoms with van der Waals surface area (Å²) in [6.07, 6.45) is 0. The van der Waals surface area contributed by atoms with Crippen LogP contribution in [0, 0.1) is 0 Å². The van der Waals surface area contributed by atoms with Crippen molar-refractivity contribution in [3.05, 3.63) is 46.2 Å². The lowest BCUT2D eigenvalue weighted by Gasteiger charge is -2.10. The molecule has 0 unspecified atom stereocenters. The third kappa shape index (κ3) is 2.24. The predicted molar refractivity (Wildman–Crippen MR) is 70.2 cm³/mol. The summed E-state index contributed by atoms with van der Waals surface area (Å²) in [5.74, 6) is 1.58. The van der Waals surface area contributed by atoms with Gasteiger partial charge in [-0.25, -0.2) is 0 Å². The summed E-state index contributed by atoms with van der Waals surface area (Å²) in [6.45, 7) is 0.299. The fraction of sp³-hybridized carbons (Fsp3) is 0.167. The molecule has 5 heteroatoms. The van der Waals surface area contributed by atoms with Crippen molar-refractivity contribution in [2.24, 2.45) is 5.73 Å². The van der Waals surface area contributed by atoms with Gasteiger partial charge in [0.2, 0.25) is 6.79 Å². The number of fused-ring (bicyclic) bond motifs is 1. The first-order chi connectivity index (χ1) is 7.84. The van der Waals surface area contributed by atoms with Crippen LogP contribution in [0.4, 0.5) is 0 Å². The Morgan fingerprint density at radius 2 is 2.00 bits per heavy atom. The van der Waals surface area contributed by atoms with Crippen LogP contribution in [0.25, 0.3) is 0 Å². The van der Waals surface area contributed by atoms with Gasteiger partial charge < -0.3 is 15.2 Å². The normalized spacial score (nSPS) is 14.2. The van der Waals surface area contributed by atoms with Crippen LogP contribution >= 0.6 is 23.7 Å². The van der Waals surface area contributed by atoms with Crippen LogP contribution in [0.2, 0.25) is 0 Å². The van der Waals surface area contributed by atoms with Gasteiger partial charge in [-0.2, -0.15) is 0 Å². The molecule has 1 aliphatic rings. The first kappa shape index (κ1) is 12.2. The first-order valence-electron chi connectivity index (χ1n) is 5.03. The molecule has 0 fully saturated rings. The molecular weight excluding hydrogens is 258 g/mol. The molecule has 2 heterocycles. The van der Waals surface area contributed by atoms with E-state index >= 15 is 0 Å². The van der Waals surface area contributed by atoms with Gasteiger partial charge in [-0.15, -0.1) is 23.7 Å². The largest absolute Gasteiger partial charge is 0.454 e. The molecule has 17 heavy (non-hydrogen) atoms. The number of hydrogen-bond acceptors (Lipinski definition) is 4. The summed E-state index contributed by atoms with van der Waals surface area (Å²) < 4.78 is 10.6. The Morgan fingerprint density at radius 1 is 1.18 bits per heavy atom. The minimum atomic E-state index is -0.0884. The second-order valence-corrected chi connectivity index (χ2v) is 4.59. The van der Waals surface area contributed by atoms with Gasteiger partial charge in [0, 0.05) is 4.88 Å². The number of hydrogen-bond donors (Lipinski definition) is 1. The Kier molecular flexibility index (Phi) is 3.57. The molecule has 0 aliphatic carbocycles. The average molecular weight is 270 g/mol. The zero-order valence-electron chi connectivity index (χ0n) is 8.96. The van der Waals surface area contributed by atoms with Gasteiger partial charge in [-0.1, -0.05) is 12.1 Å². The zero-order valence-corrected chi connectivity index (χ0v) is 10.6. The number of thiophene rings is 1. The van der Waals surface area contributed by atoms with Gasteiger partial charge in [0.05, 0.1) is 6.04 Å². The zero-order chi connectivity index (χ0) is 11.0. The quantitative estimate of drug-likeness (QED) is 0.912. The monoisotopic (exact) mass is 269 g/mol. The molecule has 1 aromatic heterocycles. The van der Waals surface area contributed by atoms with Crippen LogP contribution in [0.3, 0.4) is 0 Å². The third-order valence-electron chi connectivity index (χ3n) is 2.61. The molecule has 0 radical (unpaired) electrons. The van der Waals surface area contributed by atoms with E-state index < -0.39 is 0 Å². The summed E-state index contributed by atoms with van der Waals surface area (Å²) in [7, 11) is 0. The van der Waals surface area contributed by atoms with Crippen LogP contribution < -0.4 is 15.2 Å². The van der Waals surface area contributed by atoms with E-state index in [1.54, 1.807) is 11.3 Å². The van der Waals surface area contributed by atoms with Crippen LogP contribution in [0.15, 0.2) is 35.7 Å². The summed E-state index contributed by atoms with van der Waals surface area (Å²) in [5, 5.41) is 2.03. The van der Waals surface area contributed by atoms with Gasteiger partial charge in [0.25, 0.3) is 0 Å². The van der Waals surface area contributed by atoms with E-state index in [0.29, 0.717) is 6.79 Å². The van der Waals surface area contributed by atoms with E-state index in [4.69, 9.17) is 15.2 Å². The molecular formula is C12H12ClNO2S. The number of nitrogens with two attached hydrogens (primary N) is 1. The highest BCUT2D eigenvalue weighted by Crippen LogP contribution is 2.35. The standard InChI is InChI=1S/C12H11NO2S.ClH/c13-12(11-2-1-5-16-11)8-3-4-9-10(6-8)15-7-14-9;/h1-6,12H,7,13H2;1H/t12-;/m0./s1. The van der Waals surface area contributed by atoms with Crippen molar-refractivity contribution in [1.29, 1.82) is 0 Å². The van der Waals surface area contributed by atoms with Crippen molar-refractivity contribution in [1.82, 2.24) is 0 Å². The molecule has 3 nitrogen and oxygen atoms in total. The molecule has 90 valence electrons. The highest BCUT2D eigenvalue weighted by atomic mass is 35.5. The van der Waals surface area contributed by atoms with Crippen molar-refractivity contribution in [2.45, 2.75) is 6.04 Å². The Hall–Kier alpha value is -1.23. The maximum absolute atomic E-state index is 6.17. The number of ether oxygens (including phenoxy) is 2. The smallest absolute Gasteiger partial charge is 0.231 e. The van der Waals surface area contributed by atoms with Crippen molar-refractivity contribution in [2.75, 3.05) is 6.79 Å². The molecule has 1 aromatic carbocycles. The van der Waals surface area contributed by atoms with Crippen molar-refractivity contribution in [3.63, 3.8) is 0 Å². The molecule has 2 aromatic rings. The lowest BCUT2D eigenvalue weighted by Crippen LogP contribution is -2.09. The average Bonchev–Trinajstić information content (AvgIpc) is 2.98. The molecule has 0 bridgehead atoms. The molecule has 2 N–H and O–H groups in total. The Morgan fingerprint density at radius 3 is 2.76 bits per heavy atom. The van der Waals surface area contributed by atoms with Crippen molar-refractivity contribution < 1.29 is 9.47 Å². The molecule has 3 rings (SSSR count). The van der Waals surface area contributed by atoms with E-state index in [2.05, 4.69) is 0 Å². The summed E-state index contributed by atoms with van der Waals surface area (Å²) in [4.78, 5) is 1.15. The van der Waals surface area contributed by atoms with Crippen LogP contribution in [0.5, 0.6) is 11.5 Å².